The molecule has 0 radical (unpaired) electrons. The van der Waals surface area contributed by atoms with Gasteiger partial charge in [-0.25, -0.2) is 4.98 Å². The van der Waals surface area contributed by atoms with Crippen molar-refractivity contribution in [3.8, 4) is 0 Å². The van der Waals surface area contributed by atoms with Gasteiger partial charge in [-0.15, -0.1) is 0 Å². The molecule has 0 saturated carbocycles. The lowest BCUT2D eigenvalue weighted by Crippen LogP contribution is -2.27. The first-order valence-corrected chi connectivity index (χ1v) is 11.0. The Labute approximate surface area is 189 Å². The molecule has 1 saturated heterocycles. The summed E-state index contributed by atoms with van der Waals surface area (Å²) in [6, 6.07) is 5.07. The Morgan fingerprint density at radius 3 is 2.58 bits per heavy atom. The third-order valence-electron chi connectivity index (χ3n) is 5.50. The number of carbonyl (C=O) groups is 1. The lowest BCUT2D eigenvalue weighted by atomic mass is 10.1. The van der Waals surface area contributed by atoms with Crippen molar-refractivity contribution in [1.29, 1.82) is 0 Å². The number of aromatic nitrogens is 4. The molecule has 33 heavy (non-hydrogen) atoms. The van der Waals surface area contributed by atoms with E-state index in [2.05, 4.69) is 25.6 Å². The first-order chi connectivity index (χ1) is 15.8. The number of nitrogens with one attached hydrogen (secondary N) is 2. The van der Waals surface area contributed by atoms with Gasteiger partial charge < -0.3 is 20.1 Å². The molecule has 1 fully saturated rings. The van der Waals surface area contributed by atoms with E-state index in [1.165, 1.54) is 12.1 Å². The molecular weight excluding hydrogens is 435 g/mol. The number of nitrogens with zero attached hydrogens (tertiary/aromatic N) is 5. The largest absolute Gasteiger partial charge is 0.416 e. The minimum atomic E-state index is -4.36. The van der Waals surface area contributed by atoms with Crippen LogP contribution in [0, 0.1) is 0 Å². The highest BCUT2D eigenvalue weighted by molar-refractivity contribution is 5.84. The number of halogens is 3. The summed E-state index contributed by atoms with van der Waals surface area (Å²) in [7, 11) is 0. The van der Waals surface area contributed by atoms with Gasteiger partial charge in [-0.2, -0.15) is 23.1 Å². The molecule has 3 aromatic rings. The molecule has 176 valence electrons. The van der Waals surface area contributed by atoms with E-state index in [1.54, 1.807) is 10.9 Å². The fourth-order valence-electron chi connectivity index (χ4n) is 3.83. The van der Waals surface area contributed by atoms with Crippen molar-refractivity contribution in [1.82, 2.24) is 24.4 Å². The fraction of sp³-hybridized carbons (Fsp3) is 0.455. The van der Waals surface area contributed by atoms with Crippen LogP contribution in [-0.4, -0.2) is 56.5 Å². The number of rotatable bonds is 9. The average Bonchev–Trinajstić information content (AvgIpc) is 3.37. The first kappa shape index (κ1) is 22.8. The smallest absolute Gasteiger partial charge is 0.368 e. The predicted octanol–water partition coefficient (Wildman–Crippen LogP) is 3.75. The van der Waals surface area contributed by atoms with Crippen LogP contribution in [0.25, 0.3) is 11.2 Å². The van der Waals surface area contributed by atoms with Crippen molar-refractivity contribution in [3.05, 3.63) is 41.7 Å². The third kappa shape index (κ3) is 5.35. The topological polar surface area (TPSA) is 88.0 Å². The van der Waals surface area contributed by atoms with Gasteiger partial charge in [-0.3, -0.25) is 4.79 Å². The molecular formula is C22H26F3N7O. The number of benzene rings is 1. The van der Waals surface area contributed by atoms with Gasteiger partial charge in [0.05, 0.1) is 18.4 Å². The molecule has 0 aliphatic carbocycles. The number of alkyl halides is 3. The molecule has 0 unspecified atom stereocenters. The standard InChI is InChI=1S/C22H26F3N7O/c1-2-26-21-29-19(27-10-4-12-31-11-3-5-17(31)33)18-20(30-21)32(14-28-18)13-15-6-8-16(9-7-15)22(23,24)25/h6-9,14H,2-5,10-13H2,1H3,(H2,26,27,29,30). The maximum Gasteiger partial charge on any atom is 0.416 e. The van der Waals surface area contributed by atoms with Crippen molar-refractivity contribution < 1.29 is 18.0 Å². The Kier molecular flexibility index (Phi) is 6.66. The van der Waals surface area contributed by atoms with Crippen LogP contribution < -0.4 is 10.6 Å². The Morgan fingerprint density at radius 2 is 1.91 bits per heavy atom. The van der Waals surface area contributed by atoms with Crippen molar-refractivity contribution >= 4 is 28.8 Å². The molecule has 2 aromatic heterocycles. The van der Waals surface area contributed by atoms with Crippen LogP contribution in [-0.2, 0) is 17.5 Å². The molecule has 11 heteroatoms. The Bertz CT molecular complexity index is 1110. The van der Waals surface area contributed by atoms with E-state index < -0.39 is 11.7 Å². The lowest BCUT2D eigenvalue weighted by Gasteiger charge is -2.15. The van der Waals surface area contributed by atoms with Crippen LogP contribution >= 0.6 is 0 Å². The number of carbonyl (C=O) groups excluding carboxylic acids is 1. The zero-order valence-corrected chi connectivity index (χ0v) is 18.3. The van der Waals surface area contributed by atoms with Crippen molar-refractivity contribution in [2.75, 3.05) is 36.8 Å². The second kappa shape index (κ2) is 9.63. The highest BCUT2D eigenvalue weighted by atomic mass is 19.4. The average molecular weight is 461 g/mol. The third-order valence-corrected chi connectivity index (χ3v) is 5.50. The first-order valence-electron chi connectivity index (χ1n) is 11.0. The van der Waals surface area contributed by atoms with Gasteiger partial charge >= 0.3 is 6.18 Å². The predicted molar refractivity (Wildman–Crippen MR) is 119 cm³/mol. The normalized spacial score (nSPS) is 14.3. The Balaban J connectivity index is 1.50. The molecule has 1 aliphatic rings. The minimum Gasteiger partial charge on any atom is -0.368 e. The molecule has 0 bridgehead atoms. The summed E-state index contributed by atoms with van der Waals surface area (Å²) in [5, 5.41) is 6.40. The van der Waals surface area contributed by atoms with Gasteiger partial charge in [-0.05, 0) is 37.5 Å². The summed E-state index contributed by atoms with van der Waals surface area (Å²) in [6.07, 6.45) is -0.429. The molecule has 8 nitrogen and oxygen atoms in total. The summed E-state index contributed by atoms with van der Waals surface area (Å²) in [6.45, 7) is 5.03. The molecule has 0 spiro atoms. The van der Waals surface area contributed by atoms with Crippen LogP contribution in [0.4, 0.5) is 24.9 Å². The van der Waals surface area contributed by atoms with Gasteiger partial charge in [0.2, 0.25) is 11.9 Å². The summed E-state index contributed by atoms with van der Waals surface area (Å²) in [4.78, 5) is 27.1. The number of likely N-dealkylation sites (tertiary alicyclic amines) is 1. The van der Waals surface area contributed by atoms with Gasteiger partial charge in [-0.1, -0.05) is 12.1 Å². The Morgan fingerprint density at radius 1 is 1.12 bits per heavy atom. The maximum absolute atomic E-state index is 12.8. The summed E-state index contributed by atoms with van der Waals surface area (Å²) in [5.74, 6) is 1.22. The van der Waals surface area contributed by atoms with Gasteiger partial charge in [0.25, 0.3) is 0 Å². The van der Waals surface area contributed by atoms with E-state index in [4.69, 9.17) is 0 Å². The lowest BCUT2D eigenvalue weighted by molar-refractivity contribution is -0.137. The number of hydrogen-bond donors (Lipinski definition) is 2. The van der Waals surface area contributed by atoms with E-state index in [0.717, 1.165) is 31.5 Å². The second-order valence-electron chi connectivity index (χ2n) is 7.93. The minimum absolute atomic E-state index is 0.205. The maximum atomic E-state index is 12.8. The zero-order valence-electron chi connectivity index (χ0n) is 18.3. The fourth-order valence-corrected chi connectivity index (χ4v) is 3.83. The number of anilines is 2. The summed E-state index contributed by atoms with van der Waals surface area (Å²) in [5.41, 5.74) is 1.19. The second-order valence-corrected chi connectivity index (χ2v) is 7.93. The van der Waals surface area contributed by atoms with Crippen molar-refractivity contribution in [2.45, 2.75) is 38.9 Å². The van der Waals surface area contributed by atoms with E-state index >= 15 is 0 Å². The van der Waals surface area contributed by atoms with Crippen LogP contribution in [0.1, 0.15) is 37.3 Å². The number of imidazole rings is 1. The molecule has 1 aliphatic heterocycles. The Hall–Kier alpha value is -3.37. The SMILES string of the molecule is CCNc1nc(NCCCN2CCCC2=O)c2ncn(Cc3ccc(C(F)(F)F)cc3)c2n1. The van der Waals surface area contributed by atoms with Gasteiger partial charge in [0.15, 0.2) is 17.0 Å². The van der Waals surface area contributed by atoms with Gasteiger partial charge in [0, 0.05) is 32.6 Å². The van der Waals surface area contributed by atoms with Gasteiger partial charge in [0.1, 0.15) is 0 Å². The number of amides is 1. The molecule has 2 N–H and O–H groups in total. The van der Waals surface area contributed by atoms with Crippen molar-refractivity contribution in [3.63, 3.8) is 0 Å². The molecule has 1 amide bonds. The molecule has 3 heterocycles. The number of fused-ring (bicyclic) bond motifs is 1. The van der Waals surface area contributed by atoms with E-state index in [0.29, 0.717) is 61.1 Å². The number of hydrogen-bond acceptors (Lipinski definition) is 6. The summed E-state index contributed by atoms with van der Waals surface area (Å²) < 4.78 is 40.3. The van der Waals surface area contributed by atoms with E-state index in [-0.39, 0.29) is 5.91 Å². The highest BCUT2D eigenvalue weighted by Gasteiger charge is 2.30. The molecule has 1 aromatic carbocycles. The van der Waals surface area contributed by atoms with Crippen LogP contribution in [0.5, 0.6) is 0 Å². The quantitative estimate of drug-likeness (QED) is 0.472. The van der Waals surface area contributed by atoms with Crippen LogP contribution in [0.2, 0.25) is 0 Å². The van der Waals surface area contributed by atoms with Crippen LogP contribution in [0.15, 0.2) is 30.6 Å². The van der Waals surface area contributed by atoms with Crippen LogP contribution in [0.3, 0.4) is 0 Å². The van der Waals surface area contributed by atoms with Crippen molar-refractivity contribution in [2.24, 2.45) is 0 Å². The molecule has 4 rings (SSSR count). The monoisotopic (exact) mass is 461 g/mol. The van der Waals surface area contributed by atoms with E-state index in [1.807, 2.05) is 11.8 Å². The molecule has 0 atom stereocenters. The highest BCUT2D eigenvalue weighted by Crippen LogP contribution is 2.29. The van der Waals surface area contributed by atoms with E-state index in [9.17, 15) is 18.0 Å². The summed E-state index contributed by atoms with van der Waals surface area (Å²) >= 11 is 0. The zero-order chi connectivity index (χ0) is 23.4.